The number of ether oxygens (including phenoxy) is 1. The van der Waals surface area contributed by atoms with Gasteiger partial charge in [-0.15, -0.1) is 11.3 Å². The van der Waals surface area contributed by atoms with Crippen LogP contribution >= 0.6 is 11.3 Å². The summed E-state index contributed by atoms with van der Waals surface area (Å²) >= 11 is 1.61. The molecule has 0 saturated carbocycles. The largest absolute Gasteiger partial charge is 0.374 e. The number of benzene rings is 1. The molecule has 6 nitrogen and oxygen atoms in total. The maximum atomic E-state index is 13.0. The number of aryl methyl sites for hydroxylation is 1. The van der Waals surface area contributed by atoms with Gasteiger partial charge < -0.3 is 25.2 Å². The Morgan fingerprint density at radius 2 is 1.85 bits per heavy atom. The van der Waals surface area contributed by atoms with E-state index < -0.39 is 0 Å². The summed E-state index contributed by atoms with van der Waals surface area (Å²) in [5.41, 5.74) is 9.71. The van der Waals surface area contributed by atoms with E-state index in [-0.39, 0.29) is 11.9 Å². The summed E-state index contributed by atoms with van der Waals surface area (Å²) in [7, 11) is 2.19. The third-order valence-electron chi connectivity index (χ3n) is 7.68. The highest BCUT2D eigenvalue weighted by atomic mass is 32.1. The molecule has 5 rings (SSSR count). The molecule has 184 valence electrons. The lowest BCUT2D eigenvalue weighted by atomic mass is 9.89. The minimum atomic E-state index is 0.116. The van der Waals surface area contributed by atoms with Crippen LogP contribution < -0.4 is 5.73 Å². The standard InChI is InChI=1S/C27H38N4O2S/c1-19-15-25(34-26(19)27(32)31-12-9-23(28)16-31)22-5-3-20(4-6-22)21-7-10-30(11-8-21)18-24-17-29(2)13-14-33-24/h3-6,15,21,23-24H,7-14,16-18,28H2,1-2H3/t23-,24?/m0/s1. The van der Waals surface area contributed by atoms with Gasteiger partial charge in [0.1, 0.15) is 0 Å². The number of hydrogen-bond donors (Lipinski definition) is 1. The van der Waals surface area contributed by atoms with Crippen LogP contribution in [0.1, 0.15) is 46.0 Å². The van der Waals surface area contributed by atoms with E-state index in [1.54, 1.807) is 11.3 Å². The number of nitrogens with zero attached hydrogens (tertiary/aromatic N) is 3. The molecule has 3 fully saturated rings. The van der Waals surface area contributed by atoms with Gasteiger partial charge in [-0.05, 0) is 75.0 Å². The van der Waals surface area contributed by atoms with Gasteiger partial charge in [0.15, 0.2) is 0 Å². The van der Waals surface area contributed by atoms with Gasteiger partial charge >= 0.3 is 0 Å². The minimum absolute atomic E-state index is 0.116. The lowest BCUT2D eigenvalue weighted by molar-refractivity contribution is -0.0382. The first-order chi connectivity index (χ1) is 16.5. The SMILES string of the molecule is Cc1cc(-c2ccc(C3CCN(CC4CN(C)CCO4)CC3)cc2)sc1C(=O)N1CC[C@H](N)C1. The van der Waals surface area contributed by atoms with Gasteiger partial charge in [-0.25, -0.2) is 0 Å². The van der Waals surface area contributed by atoms with Crippen LogP contribution in [0, 0.1) is 6.92 Å². The van der Waals surface area contributed by atoms with Crippen molar-refractivity contribution < 1.29 is 9.53 Å². The average molecular weight is 483 g/mol. The Kier molecular flexibility index (Phi) is 7.37. The first-order valence-corrected chi connectivity index (χ1v) is 13.6. The second-order valence-electron chi connectivity index (χ2n) is 10.4. The number of rotatable bonds is 5. The van der Waals surface area contributed by atoms with Crippen LogP contribution in [0.5, 0.6) is 0 Å². The molecule has 4 heterocycles. The van der Waals surface area contributed by atoms with Gasteiger partial charge in [0, 0.05) is 43.6 Å². The van der Waals surface area contributed by atoms with E-state index in [1.807, 2.05) is 11.8 Å². The van der Waals surface area contributed by atoms with E-state index in [9.17, 15) is 4.79 Å². The zero-order valence-corrected chi connectivity index (χ0v) is 21.4. The number of likely N-dealkylation sites (tertiary alicyclic amines) is 2. The molecule has 0 spiro atoms. The Labute approximate surface area is 207 Å². The van der Waals surface area contributed by atoms with Crippen LogP contribution in [-0.4, -0.2) is 92.2 Å². The quantitative estimate of drug-likeness (QED) is 0.708. The smallest absolute Gasteiger partial charge is 0.264 e. The Balaban J connectivity index is 1.17. The molecule has 1 aromatic heterocycles. The second kappa shape index (κ2) is 10.5. The van der Waals surface area contributed by atoms with Crippen LogP contribution in [0.4, 0.5) is 0 Å². The second-order valence-corrected chi connectivity index (χ2v) is 11.4. The van der Waals surface area contributed by atoms with E-state index in [1.165, 1.54) is 28.8 Å². The highest BCUT2D eigenvalue weighted by Gasteiger charge is 2.28. The Hall–Kier alpha value is -1.77. The van der Waals surface area contributed by atoms with Crippen molar-refractivity contribution in [1.82, 2.24) is 14.7 Å². The number of carbonyl (C=O) groups is 1. The lowest BCUT2D eigenvalue weighted by Crippen LogP contribution is -2.47. The molecule has 34 heavy (non-hydrogen) atoms. The molecule has 1 amide bonds. The lowest BCUT2D eigenvalue weighted by Gasteiger charge is -2.37. The van der Waals surface area contributed by atoms with Crippen LogP contribution in [0.3, 0.4) is 0 Å². The van der Waals surface area contributed by atoms with E-state index in [0.717, 1.165) is 62.7 Å². The van der Waals surface area contributed by atoms with Gasteiger partial charge in [0.05, 0.1) is 17.6 Å². The Morgan fingerprint density at radius 3 is 2.53 bits per heavy atom. The predicted octanol–water partition coefficient (Wildman–Crippen LogP) is 3.41. The Morgan fingerprint density at radius 1 is 1.09 bits per heavy atom. The topological polar surface area (TPSA) is 62.0 Å². The molecule has 3 aliphatic heterocycles. The molecule has 1 aromatic carbocycles. The van der Waals surface area contributed by atoms with Crippen molar-refractivity contribution in [2.24, 2.45) is 5.73 Å². The average Bonchev–Trinajstić information content (AvgIpc) is 3.45. The summed E-state index contributed by atoms with van der Waals surface area (Å²) in [6.07, 6.45) is 3.66. The molecular weight excluding hydrogens is 444 g/mol. The number of amides is 1. The summed E-state index contributed by atoms with van der Waals surface area (Å²) in [5, 5.41) is 0. The van der Waals surface area contributed by atoms with Gasteiger partial charge in [-0.3, -0.25) is 4.79 Å². The molecule has 1 unspecified atom stereocenters. The Bertz CT molecular complexity index is 983. The summed E-state index contributed by atoms with van der Waals surface area (Å²) in [5.74, 6) is 0.761. The van der Waals surface area contributed by atoms with Crippen molar-refractivity contribution >= 4 is 17.2 Å². The number of morpholine rings is 1. The number of likely N-dealkylation sites (N-methyl/N-ethyl adjacent to an activating group) is 1. The van der Waals surface area contributed by atoms with Gasteiger partial charge in [-0.2, -0.15) is 0 Å². The maximum Gasteiger partial charge on any atom is 0.264 e. The van der Waals surface area contributed by atoms with Crippen LogP contribution in [0.15, 0.2) is 30.3 Å². The summed E-state index contributed by atoms with van der Waals surface area (Å²) < 4.78 is 5.96. The fourth-order valence-corrected chi connectivity index (χ4v) is 6.73. The van der Waals surface area contributed by atoms with Gasteiger partial charge in [-0.1, -0.05) is 24.3 Å². The number of piperidine rings is 1. The fourth-order valence-electron chi connectivity index (χ4n) is 5.59. The van der Waals surface area contributed by atoms with Crippen molar-refractivity contribution in [3.05, 3.63) is 46.3 Å². The molecule has 2 atom stereocenters. The van der Waals surface area contributed by atoms with Crippen LogP contribution in [0.25, 0.3) is 10.4 Å². The third kappa shape index (κ3) is 5.39. The fraction of sp³-hybridized carbons (Fsp3) is 0.593. The molecule has 7 heteroatoms. The van der Waals surface area contributed by atoms with E-state index >= 15 is 0 Å². The zero-order chi connectivity index (χ0) is 23.7. The first-order valence-electron chi connectivity index (χ1n) is 12.7. The molecule has 3 aliphatic rings. The molecule has 2 N–H and O–H groups in total. The van der Waals surface area contributed by atoms with Gasteiger partial charge in [0.2, 0.25) is 0 Å². The van der Waals surface area contributed by atoms with Crippen molar-refractivity contribution in [1.29, 1.82) is 0 Å². The van der Waals surface area contributed by atoms with Crippen molar-refractivity contribution in [2.75, 3.05) is 59.5 Å². The van der Waals surface area contributed by atoms with Crippen molar-refractivity contribution in [2.45, 2.75) is 44.2 Å². The summed E-state index contributed by atoms with van der Waals surface area (Å²) in [4.78, 5) is 21.8. The third-order valence-corrected chi connectivity index (χ3v) is 8.96. The van der Waals surface area contributed by atoms with Crippen LogP contribution in [-0.2, 0) is 4.74 Å². The highest BCUT2D eigenvalue weighted by Crippen LogP contribution is 2.35. The van der Waals surface area contributed by atoms with Crippen LogP contribution in [0.2, 0.25) is 0 Å². The number of hydrogen-bond acceptors (Lipinski definition) is 6. The highest BCUT2D eigenvalue weighted by molar-refractivity contribution is 7.17. The van der Waals surface area contributed by atoms with Crippen molar-refractivity contribution in [3.8, 4) is 10.4 Å². The molecule has 0 radical (unpaired) electrons. The van der Waals surface area contributed by atoms with E-state index in [2.05, 4.69) is 47.2 Å². The molecule has 3 saturated heterocycles. The first kappa shape index (κ1) is 23.9. The molecule has 0 aliphatic carbocycles. The predicted molar refractivity (Wildman–Crippen MR) is 139 cm³/mol. The molecular formula is C27H38N4O2S. The number of carbonyl (C=O) groups excluding carboxylic acids is 1. The number of nitrogens with two attached hydrogens (primary N) is 1. The van der Waals surface area contributed by atoms with Gasteiger partial charge in [0.25, 0.3) is 5.91 Å². The minimum Gasteiger partial charge on any atom is -0.374 e. The summed E-state index contributed by atoms with van der Waals surface area (Å²) in [6, 6.07) is 11.3. The van der Waals surface area contributed by atoms with E-state index in [0.29, 0.717) is 18.6 Å². The number of thiophene rings is 1. The van der Waals surface area contributed by atoms with Crippen molar-refractivity contribution in [3.63, 3.8) is 0 Å². The monoisotopic (exact) mass is 482 g/mol. The molecule has 0 bridgehead atoms. The molecule has 2 aromatic rings. The maximum absolute atomic E-state index is 13.0. The summed E-state index contributed by atoms with van der Waals surface area (Å²) in [6.45, 7) is 9.77. The van der Waals surface area contributed by atoms with E-state index in [4.69, 9.17) is 10.5 Å². The normalized spacial score (nSPS) is 25.2. The zero-order valence-electron chi connectivity index (χ0n) is 20.5.